The van der Waals surface area contributed by atoms with Gasteiger partial charge in [0, 0.05) is 18.3 Å². The van der Waals surface area contributed by atoms with Crippen LogP contribution < -0.4 is 4.89 Å². The molecule has 14 heavy (non-hydrogen) atoms. The minimum Gasteiger partial charge on any atom is -0.778 e. The first-order valence-corrected chi connectivity index (χ1v) is 5.43. The van der Waals surface area contributed by atoms with Crippen molar-refractivity contribution >= 4 is 13.3 Å². The fourth-order valence-electron chi connectivity index (χ4n) is 1.00. The van der Waals surface area contributed by atoms with Crippen molar-refractivity contribution in [1.29, 1.82) is 0 Å². The monoisotopic (exact) mass is 217 g/mol. The number of hydrogen-bond donors (Lipinski definition) is 2. The van der Waals surface area contributed by atoms with Gasteiger partial charge >= 0.3 is 5.69 Å². The molecule has 1 atom stereocenters. The van der Waals surface area contributed by atoms with Gasteiger partial charge in [0.1, 0.15) is 7.60 Å². The van der Waals surface area contributed by atoms with Gasteiger partial charge in [0.15, 0.2) is 0 Å². The summed E-state index contributed by atoms with van der Waals surface area (Å²) in [6.45, 7) is 0. The minimum absolute atomic E-state index is 0.0871. The Morgan fingerprint density at radius 3 is 2.64 bits per heavy atom. The topological polar surface area (TPSA) is 101 Å². The summed E-state index contributed by atoms with van der Waals surface area (Å²) in [7, 11) is -4.39. The highest BCUT2D eigenvalue weighted by atomic mass is 31.2. The van der Waals surface area contributed by atoms with Crippen LogP contribution in [0.25, 0.3) is 0 Å². The largest absolute Gasteiger partial charge is 0.778 e. The lowest BCUT2D eigenvalue weighted by Crippen LogP contribution is -2.02. The van der Waals surface area contributed by atoms with Crippen molar-refractivity contribution in [3.05, 3.63) is 34.7 Å². The van der Waals surface area contributed by atoms with Crippen molar-refractivity contribution in [2.45, 2.75) is 6.16 Å². The molecule has 1 aromatic rings. The van der Waals surface area contributed by atoms with Gasteiger partial charge in [-0.3, -0.25) is 0 Å². The van der Waals surface area contributed by atoms with Crippen LogP contribution in [0.5, 0.6) is 0 Å². The second kappa shape index (κ2) is 3.88. The molecule has 0 fully saturated rings. The third-order valence-corrected chi connectivity index (χ3v) is 2.28. The van der Waals surface area contributed by atoms with Crippen molar-refractivity contribution in [3.8, 4) is 0 Å². The summed E-state index contributed by atoms with van der Waals surface area (Å²) in [6.07, 6.45) is -0.561. The van der Waals surface area contributed by atoms with E-state index in [1.807, 2.05) is 0 Å². The smallest absolute Gasteiger partial charge is 0.316 e. The first-order valence-electron chi connectivity index (χ1n) is 3.66. The summed E-state index contributed by atoms with van der Waals surface area (Å²) in [6, 6.07) is 5.31. The summed E-state index contributed by atoms with van der Waals surface area (Å²) in [5.74, 6) is 0. The van der Waals surface area contributed by atoms with E-state index in [9.17, 15) is 14.4 Å². The molecule has 1 aromatic carbocycles. The molecule has 1 rings (SSSR count). The molecule has 2 N–H and O–H groups in total. The summed E-state index contributed by atoms with van der Waals surface area (Å²) >= 11 is 0. The normalized spacial score (nSPS) is 14.7. The highest BCUT2D eigenvalue weighted by molar-refractivity contribution is 7.49. The van der Waals surface area contributed by atoms with Crippen molar-refractivity contribution < 1.29 is 24.5 Å². The quantitative estimate of drug-likeness (QED) is 0.568. The first kappa shape index (κ1) is 10.8. The summed E-state index contributed by atoms with van der Waals surface area (Å²) in [5, 5.41) is 8.51. The number of hydrogen-bond acceptors (Lipinski definition) is 3. The van der Waals surface area contributed by atoms with E-state index < -0.39 is 13.8 Å². The SMILES string of the molecule is O=[N+](O)c1cccc(CP(=O)([O-])O)c1. The van der Waals surface area contributed by atoms with Gasteiger partial charge in [0.05, 0.1) is 4.91 Å². The van der Waals surface area contributed by atoms with E-state index in [1.165, 1.54) is 24.3 Å². The first-order chi connectivity index (χ1) is 6.38. The predicted molar refractivity (Wildman–Crippen MR) is 45.0 cm³/mol. The Hall–Kier alpha value is -1.23. The van der Waals surface area contributed by atoms with Gasteiger partial charge in [-0.15, -0.1) is 0 Å². The molecule has 0 aromatic heterocycles. The van der Waals surface area contributed by atoms with Crippen LogP contribution >= 0.6 is 7.60 Å². The Kier molecular flexibility index (Phi) is 3.00. The molecule has 0 aliphatic carbocycles. The zero-order valence-corrected chi connectivity index (χ0v) is 7.92. The molecule has 6 nitrogen and oxygen atoms in total. The van der Waals surface area contributed by atoms with Crippen LogP contribution in [-0.2, 0) is 10.7 Å². The van der Waals surface area contributed by atoms with Crippen molar-refractivity contribution in [2.24, 2.45) is 0 Å². The van der Waals surface area contributed by atoms with E-state index >= 15 is 0 Å². The molecule has 76 valence electrons. The zero-order chi connectivity index (χ0) is 10.8. The molecule has 0 saturated carbocycles. The van der Waals surface area contributed by atoms with Crippen LogP contribution in [0.15, 0.2) is 24.3 Å². The standard InChI is InChI=1S/C7H8NO5P/c9-8(10)7-3-1-2-6(4-7)5-14(11,12)13/h1-4H,5H2,(H2-,9,10,11,12,13). The maximum Gasteiger partial charge on any atom is 0.316 e. The third kappa shape index (κ3) is 3.26. The van der Waals surface area contributed by atoms with Crippen LogP contribution in [0.3, 0.4) is 0 Å². The highest BCUT2D eigenvalue weighted by Crippen LogP contribution is 2.34. The lowest BCUT2D eigenvalue weighted by Gasteiger charge is -2.14. The van der Waals surface area contributed by atoms with Crippen molar-refractivity contribution in [1.82, 2.24) is 0 Å². The van der Waals surface area contributed by atoms with Crippen molar-refractivity contribution in [2.75, 3.05) is 0 Å². The molecule has 0 saturated heterocycles. The van der Waals surface area contributed by atoms with E-state index in [1.54, 1.807) is 0 Å². The number of nitrogens with zero attached hydrogens (tertiary/aromatic N) is 1. The van der Waals surface area contributed by atoms with E-state index in [2.05, 4.69) is 0 Å². The van der Waals surface area contributed by atoms with Gasteiger partial charge in [0.2, 0.25) is 0 Å². The number of benzene rings is 1. The molecule has 0 bridgehead atoms. The molecule has 0 spiro atoms. The van der Waals surface area contributed by atoms with Gasteiger partial charge < -0.3 is 14.4 Å². The summed E-state index contributed by atoms with van der Waals surface area (Å²) < 4.78 is 10.5. The molecular weight excluding hydrogens is 209 g/mol. The lowest BCUT2D eigenvalue weighted by molar-refractivity contribution is -0.729. The molecule has 0 amide bonds. The van der Waals surface area contributed by atoms with E-state index in [0.29, 0.717) is 0 Å². The molecular formula is C7H8NO5P. The Morgan fingerprint density at radius 2 is 2.14 bits per heavy atom. The molecule has 7 heteroatoms. The fraction of sp³-hybridized carbons (Fsp3) is 0.143. The number of rotatable bonds is 3. The van der Waals surface area contributed by atoms with Crippen molar-refractivity contribution in [3.63, 3.8) is 0 Å². The highest BCUT2D eigenvalue weighted by Gasteiger charge is 2.13. The fourth-order valence-corrected chi connectivity index (χ4v) is 1.66. The van der Waals surface area contributed by atoms with Crippen LogP contribution in [0.2, 0.25) is 0 Å². The molecule has 0 aliphatic rings. The van der Waals surface area contributed by atoms with Crippen LogP contribution in [-0.4, -0.2) is 15.0 Å². The van der Waals surface area contributed by atoms with E-state index in [4.69, 9.17) is 10.1 Å². The molecule has 0 heterocycles. The zero-order valence-electron chi connectivity index (χ0n) is 7.03. The van der Waals surface area contributed by atoms with E-state index in [0.717, 1.165) is 0 Å². The summed E-state index contributed by atoms with van der Waals surface area (Å²) in [4.78, 5) is 29.1. The Balaban J connectivity index is 2.95. The average molecular weight is 217 g/mol. The average Bonchev–Trinajstić information content (AvgIpc) is 2.01. The Morgan fingerprint density at radius 1 is 1.50 bits per heavy atom. The molecule has 1 unspecified atom stereocenters. The van der Waals surface area contributed by atoms with Gasteiger partial charge in [-0.25, -0.2) is 5.21 Å². The maximum absolute atomic E-state index is 10.5. The third-order valence-electron chi connectivity index (χ3n) is 1.51. The van der Waals surface area contributed by atoms with Crippen LogP contribution in [0.1, 0.15) is 5.56 Å². The predicted octanol–water partition coefficient (Wildman–Crippen LogP) is 0.532. The van der Waals surface area contributed by atoms with Crippen LogP contribution in [0.4, 0.5) is 5.69 Å². The molecule has 0 aliphatic heterocycles. The minimum atomic E-state index is -4.39. The second-order valence-electron chi connectivity index (χ2n) is 2.74. The summed E-state index contributed by atoms with van der Waals surface area (Å²) in [5.41, 5.74) is 0.147. The van der Waals surface area contributed by atoms with Gasteiger partial charge in [0.25, 0.3) is 4.92 Å². The van der Waals surface area contributed by atoms with Crippen LogP contribution in [0, 0.1) is 4.91 Å². The van der Waals surface area contributed by atoms with E-state index in [-0.39, 0.29) is 16.2 Å². The maximum atomic E-state index is 10.5. The lowest BCUT2D eigenvalue weighted by atomic mass is 10.2. The molecule has 0 radical (unpaired) electrons. The Bertz CT molecular complexity index is 399. The van der Waals surface area contributed by atoms with Gasteiger partial charge in [-0.1, -0.05) is 12.1 Å². The van der Waals surface area contributed by atoms with Gasteiger partial charge in [-0.05, 0) is 5.56 Å². The Labute approximate surface area is 79.5 Å². The van der Waals surface area contributed by atoms with Gasteiger partial charge in [-0.2, -0.15) is 0 Å². The second-order valence-corrected chi connectivity index (χ2v) is 4.33.